The van der Waals surface area contributed by atoms with Crippen LogP contribution in [0.1, 0.15) is 50.2 Å². The van der Waals surface area contributed by atoms with Gasteiger partial charge in [-0.25, -0.2) is 0 Å². The average molecular weight is 522 g/mol. The molecule has 0 radical (unpaired) electrons. The topological polar surface area (TPSA) is 58.6 Å². The van der Waals surface area contributed by atoms with Crippen LogP contribution >= 0.6 is 27.5 Å². The molecule has 2 aromatic rings. The van der Waals surface area contributed by atoms with Crippen molar-refractivity contribution in [2.24, 2.45) is 0 Å². The lowest BCUT2D eigenvalue weighted by molar-refractivity contribution is -0.142. The number of hydrogen-bond donors (Lipinski definition) is 1. The Morgan fingerprint density at radius 3 is 2.50 bits per heavy atom. The van der Waals surface area contributed by atoms with Crippen LogP contribution in [0.15, 0.2) is 46.9 Å². The molecule has 2 aromatic carbocycles. The van der Waals surface area contributed by atoms with Crippen LogP contribution in [0.5, 0.6) is 5.75 Å². The van der Waals surface area contributed by atoms with Crippen molar-refractivity contribution in [3.05, 3.63) is 63.1 Å². The first-order chi connectivity index (χ1) is 15.3. The Kier molecular flexibility index (Phi) is 9.00. The number of nitrogens with zero attached hydrogens (tertiary/aromatic N) is 1. The predicted octanol–water partition coefficient (Wildman–Crippen LogP) is 5.66. The summed E-state index contributed by atoms with van der Waals surface area (Å²) in [6, 6.07) is 12.6. The maximum Gasteiger partial charge on any atom is 0.261 e. The fourth-order valence-corrected chi connectivity index (χ4v) is 4.25. The molecule has 0 aliphatic heterocycles. The van der Waals surface area contributed by atoms with E-state index in [1.54, 1.807) is 30.0 Å². The van der Waals surface area contributed by atoms with Gasteiger partial charge < -0.3 is 15.0 Å². The lowest BCUT2D eigenvalue weighted by Gasteiger charge is -2.31. The largest absolute Gasteiger partial charge is 0.484 e. The molecule has 2 amide bonds. The van der Waals surface area contributed by atoms with Crippen molar-refractivity contribution in [2.75, 3.05) is 6.61 Å². The molecule has 0 aromatic heterocycles. The molecular weight excluding hydrogens is 492 g/mol. The number of aryl methyl sites for hydroxylation is 1. The minimum Gasteiger partial charge on any atom is -0.484 e. The maximum absolute atomic E-state index is 13.2. The van der Waals surface area contributed by atoms with Crippen LogP contribution in [-0.4, -0.2) is 35.4 Å². The third-order valence-corrected chi connectivity index (χ3v) is 6.83. The van der Waals surface area contributed by atoms with Crippen LogP contribution in [0, 0.1) is 6.92 Å². The highest BCUT2D eigenvalue weighted by Gasteiger charge is 2.28. The summed E-state index contributed by atoms with van der Waals surface area (Å²) in [5.74, 6) is 0.208. The van der Waals surface area contributed by atoms with Gasteiger partial charge in [0.05, 0.1) is 0 Å². The Morgan fingerprint density at radius 2 is 1.84 bits per heavy atom. The van der Waals surface area contributed by atoms with Gasteiger partial charge in [-0.3, -0.25) is 9.59 Å². The molecule has 1 aliphatic rings. The number of benzene rings is 2. The van der Waals surface area contributed by atoms with Gasteiger partial charge in [0, 0.05) is 22.1 Å². The first-order valence-corrected chi connectivity index (χ1v) is 12.2. The molecular formula is C25H30BrClN2O3. The monoisotopic (exact) mass is 520 g/mol. The maximum atomic E-state index is 13.2. The van der Waals surface area contributed by atoms with Crippen LogP contribution in [0.25, 0.3) is 0 Å². The predicted molar refractivity (Wildman–Crippen MR) is 131 cm³/mol. The van der Waals surface area contributed by atoms with Crippen LogP contribution in [0.4, 0.5) is 0 Å². The molecule has 1 fully saturated rings. The SMILES string of the molecule is Cc1cc(OCC(=O)N(Cc2ccc(Br)cc2)C(C)C(=O)NC2CCCCC2)ccc1Cl. The van der Waals surface area contributed by atoms with Crippen LogP contribution in [0.2, 0.25) is 5.02 Å². The molecule has 5 nitrogen and oxygen atoms in total. The molecule has 0 spiro atoms. The van der Waals surface area contributed by atoms with E-state index in [-0.39, 0.29) is 24.5 Å². The van der Waals surface area contributed by atoms with Gasteiger partial charge in [0.1, 0.15) is 11.8 Å². The smallest absolute Gasteiger partial charge is 0.261 e. The second kappa shape index (κ2) is 11.7. The summed E-state index contributed by atoms with van der Waals surface area (Å²) in [7, 11) is 0. The lowest BCUT2D eigenvalue weighted by atomic mass is 9.95. The summed E-state index contributed by atoms with van der Waals surface area (Å²) in [4.78, 5) is 27.7. The van der Waals surface area contributed by atoms with E-state index < -0.39 is 6.04 Å². The summed E-state index contributed by atoms with van der Waals surface area (Å²) in [5, 5.41) is 3.79. The number of hydrogen-bond acceptors (Lipinski definition) is 3. The molecule has 1 aliphatic carbocycles. The lowest BCUT2D eigenvalue weighted by Crippen LogP contribution is -2.51. The van der Waals surface area contributed by atoms with Crippen molar-refractivity contribution < 1.29 is 14.3 Å². The first-order valence-electron chi connectivity index (χ1n) is 11.1. The second-order valence-corrected chi connectivity index (χ2v) is 9.69. The molecule has 1 saturated carbocycles. The highest BCUT2D eigenvalue weighted by atomic mass is 79.9. The van der Waals surface area contributed by atoms with Crippen LogP contribution in [0.3, 0.4) is 0 Å². The summed E-state index contributed by atoms with van der Waals surface area (Å²) in [6.45, 7) is 3.84. The molecule has 0 heterocycles. The van der Waals surface area contributed by atoms with Gasteiger partial charge in [-0.1, -0.05) is 58.9 Å². The summed E-state index contributed by atoms with van der Waals surface area (Å²) < 4.78 is 6.69. The summed E-state index contributed by atoms with van der Waals surface area (Å²) in [6.07, 6.45) is 5.48. The number of halogens is 2. The number of carbonyl (C=O) groups is 2. The fourth-order valence-electron chi connectivity index (χ4n) is 3.87. The molecule has 0 bridgehead atoms. The van der Waals surface area contributed by atoms with Gasteiger partial charge in [0.15, 0.2) is 6.61 Å². The number of ether oxygens (including phenoxy) is 1. The van der Waals surface area contributed by atoms with Crippen molar-refractivity contribution >= 4 is 39.3 Å². The van der Waals surface area contributed by atoms with Crippen molar-refractivity contribution in [1.82, 2.24) is 10.2 Å². The summed E-state index contributed by atoms with van der Waals surface area (Å²) in [5.41, 5.74) is 1.82. The average Bonchev–Trinajstić information content (AvgIpc) is 2.79. The second-order valence-electron chi connectivity index (χ2n) is 8.37. The van der Waals surface area contributed by atoms with Gasteiger partial charge in [-0.15, -0.1) is 0 Å². The van der Waals surface area contributed by atoms with E-state index in [9.17, 15) is 9.59 Å². The number of amides is 2. The highest BCUT2D eigenvalue weighted by Crippen LogP contribution is 2.22. The zero-order chi connectivity index (χ0) is 23.1. The van der Waals surface area contributed by atoms with E-state index in [1.165, 1.54) is 6.42 Å². The number of nitrogens with one attached hydrogen (secondary N) is 1. The molecule has 7 heteroatoms. The van der Waals surface area contributed by atoms with Crippen molar-refractivity contribution in [3.63, 3.8) is 0 Å². The number of carbonyl (C=O) groups excluding carboxylic acids is 2. The van der Waals surface area contributed by atoms with E-state index >= 15 is 0 Å². The molecule has 1 unspecified atom stereocenters. The minimum absolute atomic E-state index is 0.121. The fraction of sp³-hybridized carbons (Fsp3) is 0.440. The first kappa shape index (κ1) is 24.6. The van der Waals surface area contributed by atoms with Gasteiger partial charge in [-0.2, -0.15) is 0 Å². The van der Waals surface area contributed by atoms with E-state index in [2.05, 4.69) is 21.2 Å². The molecule has 3 rings (SSSR count). The zero-order valence-corrected chi connectivity index (χ0v) is 20.9. The van der Waals surface area contributed by atoms with Crippen molar-refractivity contribution in [1.29, 1.82) is 0 Å². The Morgan fingerprint density at radius 1 is 1.16 bits per heavy atom. The normalized spacial score (nSPS) is 15.1. The molecule has 172 valence electrons. The Bertz CT molecular complexity index is 929. The standard InChI is InChI=1S/C25H30BrClN2O3/c1-17-14-22(12-13-23(17)27)32-16-24(30)29(15-19-8-10-20(26)11-9-19)18(2)25(31)28-21-6-4-3-5-7-21/h8-14,18,21H,3-7,15-16H2,1-2H3,(H,28,31). The van der Waals surface area contributed by atoms with Gasteiger partial charge in [0.25, 0.3) is 5.91 Å². The Labute approximate surface area is 203 Å². The van der Waals surface area contributed by atoms with Crippen molar-refractivity contribution in [2.45, 2.75) is 64.6 Å². The van der Waals surface area contributed by atoms with E-state index in [1.807, 2.05) is 31.2 Å². The number of rotatable bonds is 8. The molecule has 1 atom stereocenters. The summed E-state index contributed by atoms with van der Waals surface area (Å²) >= 11 is 9.51. The van der Waals surface area contributed by atoms with Crippen LogP contribution in [-0.2, 0) is 16.1 Å². The van der Waals surface area contributed by atoms with Crippen molar-refractivity contribution in [3.8, 4) is 5.75 Å². The van der Waals surface area contributed by atoms with Gasteiger partial charge in [-0.05, 0) is 68.1 Å². The highest BCUT2D eigenvalue weighted by molar-refractivity contribution is 9.10. The molecule has 0 saturated heterocycles. The Hall–Kier alpha value is -2.05. The van der Waals surface area contributed by atoms with E-state index in [0.717, 1.165) is 41.3 Å². The molecule has 32 heavy (non-hydrogen) atoms. The van der Waals surface area contributed by atoms with Gasteiger partial charge >= 0.3 is 0 Å². The minimum atomic E-state index is -0.608. The van der Waals surface area contributed by atoms with E-state index in [0.29, 0.717) is 17.3 Å². The zero-order valence-electron chi connectivity index (χ0n) is 18.6. The van der Waals surface area contributed by atoms with E-state index in [4.69, 9.17) is 16.3 Å². The molecule has 1 N–H and O–H groups in total. The Balaban J connectivity index is 1.70. The third kappa shape index (κ3) is 6.97. The van der Waals surface area contributed by atoms with Crippen LogP contribution < -0.4 is 10.1 Å². The van der Waals surface area contributed by atoms with Gasteiger partial charge in [0.2, 0.25) is 5.91 Å². The third-order valence-electron chi connectivity index (χ3n) is 5.88. The quantitative estimate of drug-likeness (QED) is 0.488.